The summed E-state index contributed by atoms with van der Waals surface area (Å²) in [6, 6.07) is 5.55. The third-order valence-corrected chi connectivity index (χ3v) is 1.98. The monoisotopic (exact) mass is 219 g/mol. The maximum atomic E-state index is 12.6. The number of nitro groups is 1. The molecule has 0 aliphatic carbocycles. The van der Waals surface area contributed by atoms with Gasteiger partial charge < -0.3 is 0 Å². The fourth-order valence-corrected chi connectivity index (χ4v) is 1.19. The highest BCUT2D eigenvalue weighted by Crippen LogP contribution is 2.18. The van der Waals surface area contributed by atoms with Gasteiger partial charge in [0, 0.05) is 17.8 Å². The molecule has 0 unspecified atom stereocenters. The van der Waals surface area contributed by atoms with Crippen LogP contribution in [0.3, 0.4) is 0 Å². The summed E-state index contributed by atoms with van der Waals surface area (Å²) in [5.74, 6) is -0.578. The van der Waals surface area contributed by atoms with Gasteiger partial charge in [-0.15, -0.1) is 0 Å². The van der Waals surface area contributed by atoms with Crippen LogP contribution >= 0.6 is 0 Å². The first-order valence-electron chi connectivity index (χ1n) is 4.39. The molecule has 5 nitrogen and oxygen atoms in total. The van der Waals surface area contributed by atoms with E-state index in [-0.39, 0.29) is 5.69 Å². The van der Waals surface area contributed by atoms with Crippen molar-refractivity contribution in [3.8, 4) is 11.3 Å². The summed E-state index contributed by atoms with van der Waals surface area (Å²) in [5, 5.41) is 10.4. The van der Waals surface area contributed by atoms with Crippen LogP contribution in [0.2, 0.25) is 0 Å². The maximum Gasteiger partial charge on any atom is 0.287 e. The topological polar surface area (TPSA) is 68.9 Å². The van der Waals surface area contributed by atoms with Gasteiger partial charge >= 0.3 is 0 Å². The van der Waals surface area contributed by atoms with E-state index < -0.39 is 10.9 Å². The molecule has 0 atom stereocenters. The van der Waals surface area contributed by atoms with Crippen LogP contribution in [0.15, 0.2) is 36.7 Å². The standard InChI is InChI=1S/C10H6FN3O2/c11-10-4-1-7(5-13-10)9-3-2-8(6-12-9)14(15)16/h1-6H. The number of pyridine rings is 2. The number of hydrogen-bond acceptors (Lipinski definition) is 4. The van der Waals surface area contributed by atoms with Gasteiger partial charge in [0.25, 0.3) is 5.69 Å². The molecule has 80 valence electrons. The summed E-state index contributed by atoms with van der Waals surface area (Å²) < 4.78 is 12.6. The van der Waals surface area contributed by atoms with Crippen molar-refractivity contribution in [2.45, 2.75) is 0 Å². The quantitative estimate of drug-likeness (QED) is 0.441. The van der Waals surface area contributed by atoms with Crippen LogP contribution < -0.4 is 0 Å². The van der Waals surface area contributed by atoms with E-state index >= 15 is 0 Å². The van der Waals surface area contributed by atoms with Crippen molar-refractivity contribution in [2.75, 3.05) is 0 Å². The molecule has 0 saturated carbocycles. The molecule has 0 aliphatic rings. The zero-order chi connectivity index (χ0) is 11.5. The second-order valence-corrected chi connectivity index (χ2v) is 3.03. The summed E-state index contributed by atoms with van der Waals surface area (Å²) in [6.07, 6.45) is 2.47. The number of rotatable bonds is 2. The van der Waals surface area contributed by atoms with Gasteiger partial charge in [-0.1, -0.05) is 0 Å². The average molecular weight is 219 g/mol. The summed E-state index contributed by atoms with van der Waals surface area (Å²) in [5.41, 5.74) is 1.04. The number of aromatic nitrogens is 2. The van der Waals surface area contributed by atoms with Crippen LogP contribution in [0.5, 0.6) is 0 Å². The Balaban J connectivity index is 2.34. The van der Waals surface area contributed by atoms with E-state index in [9.17, 15) is 14.5 Å². The number of hydrogen-bond donors (Lipinski definition) is 0. The molecular formula is C10H6FN3O2. The lowest BCUT2D eigenvalue weighted by molar-refractivity contribution is -0.385. The second-order valence-electron chi connectivity index (χ2n) is 3.03. The van der Waals surface area contributed by atoms with Crippen molar-refractivity contribution in [1.82, 2.24) is 9.97 Å². The van der Waals surface area contributed by atoms with Gasteiger partial charge in [-0.2, -0.15) is 4.39 Å². The highest BCUT2D eigenvalue weighted by Gasteiger charge is 2.06. The molecular weight excluding hydrogens is 213 g/mol. The van der Waals surface area contributed by atoms with Gasteiger partial charge in [0.15, 0.2) is 0 Å². The van der Waals surface area contributed by atoms with E-state index in [1.54, 1.807) is 0 Å². The molecule has 2 aromatic heterocycles. The molecule has 0 radical (unpaired) electrons. The van der Waals surface area contributed by atoms with Crippen molar-refractivity contribution < 1.29 is 9.31 Å². The minimum absolute atomic E-state index is 0.0844. The third kappa shape index (κ3) is 2.00. The predicted octanol–water partition coefficient (Wildman–Crippen LogP) is 2.19. The summed E-state index contributed by atoms with van der Waals surface area (Å²) in [4.78, 5) is 17.2. The Hall–Kier alpha value is -2.37. The molecule has 2 aromatic rings. The van der Waals surface area contributed by atoms with Gasteiger partial charge in [-0.05, 0) is 18.2 Å². The molecule has 0 saturated heterocycles. The van der Waals surface area contributed by atoms with E-state index in [1.165, 1.54) is 30.5 Å². The summed E-state index contributed by atoms with van der Waals surface area (Å²) >= 11 is 0. The molecule has 0 N–H and O–H groups in total. The minimum atomic E-state index is -0.578. The Morgan fingerprint density at radius 3 is 2.44 bits per heavy atom. The smallest absolute Gasteiger partial charge is 0.258 e. The third-order valence-electron chi connectivity index (χ3n) is 1.98. The van der Waals surface area contributed by atoms with Crippen molar-refractivity contribution in [2.24, 2.45) is 0 Å². The van der Waals surface area contributed by atoms with Crippen molar-refractivity contribution >= 4 is 5.69 Å². The summed E-state index contributed by atoms with van der Waals surface area (Å²) in [7, 11) is 0. The normalized spacial score (nSPS) is 10.1. The summed E-state index contributed by atoms with van der Waals surface area (Å²) in [6.45, 7) is 0. The number of halogens is 1. The average Bonchev–Trinajstić information content (AvgIpc) is 2.30. The zero-order valence-corrected chi connectivity index (χ0v) is 8.00. The van der Waals surface area contributed by atoms with Crippen LogP contribution in [0.25, 0.3) is 11.3 Å². The molecule has 0 aromatic carbocycles. The lowest BCUT2D eigenvalue weighted by atomic mass is 10.2. The SMILES string of the molecule is O=[N+]([O-])c1ccc(-c2ccc(F)nc2)nc1. The Morgan fingerprint density at radius 1 is 1.12 bits per heavy atom. The van der Waals surface area contributed by atoms with Gasteiger partial charge in [-0.3, -0.25) is 10.1 Å². The molecule has 16 heavy (non-hydrogen) atoms. The largest absolute Gasteiger partial charge is 0.287 e. The highest BCUT2D eigenvalue weighted by atomic mass is 19.1. The number of nitrogens with zero attached hydrogens (tertiary/aromatic N) is 3. The van der Waals surface area contributed by atoms with E-state index in [0.29, 0.717) is 11.3 Å². The first-order chi connectivity index (χ1) is 7.66. The van der Waals surface area contributed by atoms with Gasteiger partial charge in [0.05, 0.1) is 10.6 Å². The second kappa shape index (κ2) is 4.01. The van der Waals surface area contributed by atoms with E-state index in [0.717, 1.165) is 6.20 Å². The fraction of sp³-hybridized carbons (Fsp3) is 0. The van der Waals surface area contributed by atoms with E-state index in [1.807, 2.05) is 0 Å². The lowest BCUT2D eigenvalue weighted by Gasteiger charge is -1.98. The maximum absolute atomic E-state index is 12.6. The van der Waals surface area contributed by atoms with Crippen LogP contribution in [0, 0.1) is 16.1 Å². The van der Waals surface area contributed by atoms with Crippen LogP contribution in [0.1, 0.15) is 0 Å². The zero-order valence-electron chi connectivity index (χ0n) is 8.00. The first-order valence-corrected chi connectivity index (χ1v) is 4.39. The van der Waals surface area contributed by atoms with E-state index in [4.69, 9.17) is 0 Å². The molecule has 2 heterocycles. The minimum Gasteiger partial charge on any atom is -0.258 e. The van der Waals surface area contributed by atoms with Crippen molar-refractivity contribution in [3.05, 3.63) is 52.7 Å². The molecule has 6 heteroatoms. The van der Waals surface area contributed by atoms with E-state index in [2.05, 4.69) is 9.97 Å². The Morgan fingerprint density at radius 2 is 1.94 bits per heavy atom. The Kier molecular flexibility index (Phi) is 2.55. The molecule has 0 bridgehead atoms. The molecule has 0 amide bonds. The van der Waals surface area contributed by atoms with Crippen LogP contribution in [-0.4, -0.2) is 14.9 Å². The van der Waals surface area contributed by atoms with Gasteiger partial charge in [-0.25, -0.2) is 9.97 Å². The predicted molar refractivity (Wildman–Crippen MR) is 54.1 cm³/mol. The molecule has 2 rings (SSSR count). The van der Waals surface area contributed by atoms with Crippen molar-refractivity contribution in [1.29, 1.82) is 0 Å². The van der Waals surface area contributed by atoms with Crippen LogP contribution in [0.4, 0.5) is 10.1 Å². The van der Waals surface area contributed by atoms with Crippen LogP contribution in [-0.2, 0) is 0 Å². The molecule has 0 aliphatic heterocycles. The van der Waals surface area contributed by atoms with Gasteiger partial charge in [0.2, 0.25) is 5.95 Å². The Bertz CT molecular complexity index is 511. The molecule has 0 fully saturated rings. The highest BCUT2D eigenvalue weighted by molar-refractivity contribution is 5.58. The first kappa shape index (κ1) is 10.2. The Labute approximate surface area is 89.7 Å². The van der Waals surface area contributed by atoms with Gasteiger partial charge in [0.1, 0.15) is 6.20 Å². The molecule has 0 spiro atoms. The van der Waals surface area contributed by atoms with Crippen molar-refractivity contribution in [3.63, 3.8) is 0 Å². The lowest BCUT2D eigenvalue weighted by Crippen LogP contribution is -1.91. The fourth-order valence-electron chi connectivity index (χ4n) is 1.19.